The van der Waals surface area contributed by atoms with Gasteiger partial charge in [-0.05, 0) is 12.1 Å². The molecule has 0 aliphatic carbocycles. The van der Waals surface area contributed by atoms with E-state index >= 15 is 0 Å². The lowest BCUT2D eigenvalue weighted by Crippen LogP contribution is -2.40. The number of halogens is 5. The largest absolute Gasteiger partial charge is 0.361 e. The zero-order valence-electron chi connectivity index (χ0n) is 9.96. The van der Waals surface area contributed by atoms with Gasteiger partial charge >= 0.3 is 0 Å². The third-order valence-corrected chi connectivity index (χ3v) is 5.00. The molecule has 0 saturated carbocycles. The van der Waals surface area contributed by atoms with Gasteiger partial charge < -0.3 is 5.11 Å². The Hall–Kier alpha value is -0.150. The van der Waals surface area contributed by atoms with Crippen molar-refractivity contribution in [3.8, 4) is 0 Å². The molecular formula is C14H9Cl5O. The summed E-state index contributed by atoms with van der Waals surface area (Å²) in [5.41, 5.74) is 0.730. The SMILES string of the molecule is OC(Cl)(Cl)C(Cl)(c1ccccc1Cl)c1ccccc1Cl. The van der Waals surface area contributed by atoms with E-state index in [-0.39, 0.29) is 0 Å². The van der Waals surface area contributed by atoms with Crippen LogP contribution >= 0.6 is 58.0 Å². The van der Waals surface area contributed by atoms with Crippen LogP contribution in [0.15, 0.2) is 48.5 Å². The van der Waals surface area contributed by atoms with Crippen molar-refractivity contribution < 1.29 is 5.11 Å². The molecule has 0 aliphatic rings. The van der Waals surface area contributed by atoms with E-state index in [2.05, 4.69) is 0 Å². The Balaban J connectivity index is 2.78. The Bertz CT molecular complexity index is 575. The van der Waals surface area contributed by atoms with Crippen molar-refractivity contribution in [1.82, 2.24) is 0 Å². The van der Waals surface area contributed by atoms with Crippen LogP contribution in [0.25, 0.3) is 0 Å². The predicted octanol–water partition coefficient (Wildman–Crippen LogP) is 5.60. The van der Waals surface area contributed by atoms with Crippen LogP contribution in [-0.2, 0) is 4.87 Å². The molecule has 0 spiro atoms. The molecule has 2 aromatic carbocycles. The maximum atomic E-state index is 10.2. The molecule has 0 aliphatic heterocycles. The van der Waals surface area contributed by atoms with Gasteiger partial charge in [-0.15, -0.1) is 11.6 Å². The standard InChI is InChI=1S/C14H9Cl5O/c15-11-7-3-1-5-9(11)13(17,14(18,19)20)10-6-2-4-8-12(10)16/h1-8,20H. The van der Waals surface area contributed by atoms with Crippen molar-refractivity contribution in [3.05, 3.63) is 69.7 Å². The first-order valence-electron chi connectivity index (χ1n) is 5.57. The smallest absolute Gasteiger partial charge is 0.243 e. The Labute approximate surface area is 142 Å². The summed E-state index contributed by atoms with van der Waals surface area (Å²) in [6.45, 7) is 0. The summed E-state index contributed by atoms with van der Waals surface area (Å²) in [6.07, 6.45) is 0. The predicted molar refractivity (Wildman–Crippen MR) is 86.2 cm³/mol. The van der Waals surface area contributed by atoms with E-state index in [1.807, 2.05) is 0 Å². The normalized spacial score (nSPS) is 12.5. The Kier molecular flexibility index (Phi) is 4.80. The number of alkyl halides is 3. The minimum Gasteiger partial charge on any atom is -0.361 e. The molecule has 0 aromatic heterocycles. The first kappa shape index (κ1) is 16.2. The average molecular weight is 370 g/mol. The minimum absolute atomic E-state index is 0.321. The fourth-order valence-electron chi connectivity index (χ4n) is 1.95. The second-order valence-corrected chi connectivity index (χ2v) is 6.83. The Morgan fingerprint density at radius 1 is 0.700 bits per heavy atom. The van der Waals surface area contributed by atoms with Crippen LogP contribution in [0, 0.1) is 0 Å². The molecule has 6 heteroatoms. The number of rotatable bonds is 3. The molecule has 0 heterocycles. The van der Waals surface area contributed by atoms with Gasteiger partial charge in [0, 0.05) is 21.2 Å². The van der Waals surface area contributed by atoms with Gasteiger partial charge in [-0.3, -0.25) is 0 Å². The lowest BCUT2D eigenvalue weighted by atomic mass is 9.90. The monoisotopic (exact) mass is 368 g/mol. The summed E-state index contributed by atoms with van der Waals surface area (Å²) in [6, 6.07) is 13.4. The molecule has 2 rings (SSSR count). The number of hydrogen-bond donors (Lipinski definition) is 1. The van der Waals surface area contributed by atoms with Crippen LogP contribution in [0.4, 0.5) is 0 Å². The fourth-order valence-corrected chi connectivity index (χ4v) is 3.34. The van der Waals surface area contributed by atoms with Crippen molar-refractivity contribution in [2.75, 3.05) is 0 Å². The van der Waals surface area contributed by atoms with E-state index in [0.717, 1.165) is 0 Å². The highest BCUT2D eigenvalue weighted by Crippen LogP contribution is 2.53. The van der Waals surface area contributed by atoms with Gasteiger partial charge in [0.25, 0.3) is 0 Å². The second-order valence-electron chi connectivity index (χ2n) is 4.16. The zero-order valence-corrected chi connectivity index (χ0v) is 13.7. The molecule has 0 bridgehead atoms. The molecule has 1 N–H and O–H groups in total. The summed E-state index contributed by atoms with van der Waals surface area (Å²) >= 11 is 30.8. The highest BCUT2D eigenvalue weighted by atomic mass is 35.5. The van der Waals surface area contributed by atoms with Crippen LogP contribution in [-0.4, -0.2) is 9.63 Å². The molecule has 0 radical (unpaired) electrons. The van der Waals surface area contributed by atoms with Gasteiger partial charge in [0.15, 0.2) is 4.87 Å². The maximum Gasteiger partial charge on any atom is 0.243 e. The van der Waals surface area contributed by atoms with Crippen LogP contribution in [0.2, 0.25) is 10.0 Å². The third kappa shape index (κ3) is 2.76. The maximum absolute atomic E-state index is 10.2. The van der Waals surface area contributed by atoms with Crippen LogP contribution in [0.5, 0.6) is 0 Å². The molecule has 0 amide bonds. The summed E-state index contributed by atoms with van der Waals surface area (Å²) in [5, 5.41) is 10.8. The number of aliphatic hydroxyl groups is 1. The van der Waals surface area contributed by atoms with E-state index in [0.29, 0.717) is 21.2 Å². The van der Waals surface area contributed by atoms with Gasteiger partial charge in [0.05, 0.1) is 0 Å². The fraction of sp³-hybridized carbons (Fsp3) is 0.143. The molecular weight excluding hydrogens is 361 g/mol. The van der Waals surface area contributed by atoms with Crippen LogP contribution in [0.1, 0.15) is 11.1 Å². The van der Waals surface area contributed by atoms with Gasteiger partial charge in [-0.2, -0.15) is 0 Å². The lowest BCUT2D eigenvalue weighted by Gasteiger charge is -2.36. The summed E-state index contributed by atoms with van der Waals surface area (Å²) in [7, 11) is 0. The zero-order chi connectivity index (χ0) is 15.0. The van der Waals surface area contributed by atoms with Crippen molar-refractivity contribution in [3.63, 3.8) is 0 Å². The molecule has 0 saturated heterocycles. The summed E-state index contributed by atoms with van der Waals surface area (Å²) in [4.78, 5) is -1.70. The lowest BCUT2D eigenvalue weighted by molar-refractivity contribution is 0.178. The Morgan fingerprint density at radius 2 is 1.05 bits per heavy atom. The van der Waals surface area contributed by atoms with Crippen LogP contribution in [0.3, 0.4) is 0 Å². The molecule has 20 heavy (non-hydrogen) atoms. The second kappa shape index (κ2) is 5.92. The quantitative estimate of drug-likeness (QED) is 0.697. The minimum atomic E-state index is -2.31. The van der Waals surface area contributed by atoms with E-state index in [9.17, 15) is 5.11 Å². The van der Waals surface area contributed by atoms with E-state index < -0.39 is 9.39 Å². The summed E-state index contributed by atoms with van der Waals surface area (Å²) < 4.78 is -2.31. The third-order valence-electron chi connectivity index (χ3n) is 2.90. The highest BCUT2D eigenvalue weighted by Gasteiger charge is 2.52. The van der Waals surface area contributed by atoms with E-state index in [4.69, 9.17) is 58.0 Å². The first-order chi connectivity index (χ1) is 9.28. The number of hydrogen-bond acceptors (Lipinski definition) is 1. The van der Waals surface area contributed by atoms with Crippen molar-refractivity contribution >= 4 is 58.0 Å². The van der Waals surface area contributed by atoms with Gasteiger partial charge in [-0.1, -0.05) is 82.8 Å². The van der Waals surface area contributed by atoms with Gasteiger partial charge in [0.2, 0.25) is 4.52 Å². The summed E-state index contributed by atoms with van der Waals surface area (Å²) in [5.74, 6) is 0. The first-order valence-corrected chi connectivity index (χ1v) is 7.46. The molecule has 0 unspecified atom stereocenters. The molecule has 1 nitrogen and oxygen atoms in total. The van der Waals surface area contributed by atoms with Crippen LogP contribution < -0.4 is 0 Å². The van der Waals surface area contributed by atoms with Gasteiger partial charge in [-0.25, -0.2) is 0 Å². The average Bonchev–Trinajstić information content (AvgIpc) is 2.37. The van der Waals surface area contributed by atoms with Crippen molar-refractivity contribution in [2.24, 2.45) is 0 Å². The van der Waals surface area contributed by atoms with E-state index in [1.54, 1.807) is 48.5 Å². The molecule has 106 valence electrons. The van der Waals surface area contributed by atoms with E-state index in [1.165, 1.54) is 0 Å². The van der Waals surface area contributed by atoms with Crippen molar-refractivity contribution in [1.29, 1.82) is 0 Å². The van der Waals surface area contributed by atoms with Crippen molar-refractivity contribution in [2.45, 2.75) is 9.39 Å². The molecule has 0 atom stereocenters. The molecule has 0 fully saturated rings. The highest BCUT2D eigenvalue weighted by molar-refractivity contribution is 6.53. The molecule has 2 aromatic rings. The topological polar surface area (TPSA) is 20.2 Å². The van der Waals surface area contributed by atoms with Gasteiger partial charge in [0.1, 0.15) is 0 Å². The number of benzene rings is 2. The Morgan fingerprint density at radius 3 is 1.35 bits per heavy atom.